The SMILES string of the molecule is CCOC(=O)c1c(NC(=O)C(CC)Sc2c([O-])on[n+]2-c2ccc(OC)cc2)sc2c1CCC(C)C2. The van der Waals surface area contributed by atoms with Crippen LogP contribution in [0.25, 0.3) is 5.69 Å². The number of amides is 1. The van der Waals surface area contributed by atoms with E-state index >= 15 is 0 Å². The molecule has 0 aliphatic heterocycles. The minimum Gasteiger partial charge on any atom is -0.538 e. The third kappa shape index (κ3) is 5.36. The summed E-state index contributed by atoms with van der Waals surface area (Å²) in [6.45, 7) is 6.07. The normalized spacial score (nSPS) is 15.7. The predicted octanol–water partition coefficient (Wildman–Crippen LogP) is 3.91. The van der Waals surface area contributed by atoms with Gasteiger partial charge in [-0.15, -0.1) is 11.3 Å². The van der Waals surface area contributed by atoms with E-state index in [2.05, 4.69) is 17.5 Å². The van der Waals surface area contributed by atoms with Gasteiger partial charge in [-0.2, -0.15) is 0 Å². The summed E-state index contributed by atoms with van der Waals surface area (Å²) in [6, 6.07) is 6.98. The second kappa shape index (κ2) is 11.3. The van der Waals surface area contributed by atoms with Gasteiger partial charge in [0.05, 0.1) is 29.8 Å². The van der Waals surface area contributed by atoms with E-state index in [1.54, 1.807) is 38.3 Å². The number of hydrogen-bond donors (Lipinski definition) is 1. The zero-order chi connectivity index (χ0) is 25.8. The molecule has 2 heterocycles. The maximum Gasteiger partial charge on any atom is 0.341 e. The number of benzene rings is 1. The highest BCUT2D eigenvalue weighted by Gasteiger charge is 2.32. The number of fused-ring (bicyclic) bond motifs is 1. The van der Waals surface area contributed by atoms with Crippen LogP contribution in [0.2, 0.25) is 0 Å². The van der Waals surface area contributed by atoms with E-state index in [-0.39, 0.29) is 17.5 Å². The quantitative estimate of drug-likeness (QED) is 0.251. The van der Waals surface area contributed by atoms with Gasteiger partial charge < -0.3 is 24.4 Å². The van der Waals surface area contributed by atoms with Gasteiger partial charge in [-0.05, 0) is 72.7 Å². The first kappa shape index (κ1) is 26.0. The number of ether oxygens (including phenoxy) is 2. The van der Waals surface area contributed by atoms with Gasteiger partial charge in [-0.1, -0.05) is 13.8 Å². The number of carbonyl (C=O) groups excluding carboxylic acids is 2. The average molecular weight is 532 g/mol. The Labute approximate surface area is 217 Å². The van der Waals surface area contributed by atoms with Gasteiger partial charge in [-0.25, -0.2) is 4.79 Å². The molecule has 1 N–H and O–H groups in total. The molecule has 3 aromatic rings. The number of thiophene rings is 1. The Balaban J connectivity index is 1.58. The molecule has 0 radical (unpaired) electrons. The average Bonchev–Trinajstić information content (AvgIpc) is 3.41. The number of carbonyl (C=O) groups is 2. The molecule has 192 valence electrons. The molecule has 4 rings (SSSR count). The fourth-order valence-electron chi connectivity index (χ4n) is 4.13. The molecule has 11 heteroatoms. The first-order valence-corrected chi connectivity index (χ1v) is 13.6. The van der Waals surface area contributed by atoms with Crippen LogP contribution in [-0.2, 0) is 22.4 Å². The van der Waals surface area contributed by atoms with Crippen molar-refractivity contribution in [1.29, 1.82) is 0 Å². The van der Waals surface area contributed by atoms with Crippen molar-refractivity contribution < 1.29 is 33.4 Å². The number of hydrogen-bond acceptors (Lipinski definition) is 9. The molecule has 2 aromatic heterocycles. The minimum atomic E-state index is -0.630. The molecule has 2 atom stereocenters. The number of esters is 1. The predicted molar refractivity (Wildman–Crippen MR) is 134 cm³/mol. The summed E-state index contributed by atoms with van der Waals surface area (Å²) in [5.74, 6) is -0.169. The van der Waals surface area contributed by atoms with Gasteiger partial charge in [0.25, 0.3) is 5.03 Å². The molecule has 0 fully saturated rings. The zero-order valence-electron chi connectivity index (χ0n) is 20.7. The van der Waals surface area contributed by atoms with Crippen LogP contribution >= 0.6 is 23.1 Å². The number of methoxy groups -OCH3 is 1. The molecule has 1 amide bonds. The van der Waals surface area contributed by atoms with Crippen LogP contribution in [0.3, 0.4) is 0 Å². The molecule has 9 nitrogen and oxygen atoms in total. The number of rotatable bonds is 9. The lowest BCUT2D eigenvalue weighted by Crippen LogP contribution is -2.36. The fraction of sp³-hybridized carbons (Fsp3) is 0.440. The van der Waals surface area contributed by atoms with Gasteiger partial charge in [-0.3, -0.25) is 4.79 Å². The molecule has 0 saturated heterocycles. The molecule has 2 unspecified atom stereocenters. The van der Waals surface area contributed by atoms with E-state index in [9.17, 15) is 14.7 Å². The van der Waals surface area contributed by atoms with Crippen LogP contribution in [0.5, 0.6) is 11.7 Å². The zero-order valence-corrected chi connectivity index (χ0v) is 22.3. The van der Waals surface area contributed by atoms with Crippen LogP contribution in [0.4, 0.5) is 5.00 Å². The summed E-state index contributed by atoms with van der Waals surface area (Å²) in [7, 11) is 1.57. The number of nitrogens with zero attached hydrogens (tertiary/aromatic N) is 2. The number of anilines is 1. The van der Waals surface area contributed by atoms with Gasteiger partial charge >= 0.3 is 5.97 Å². The third-order valence-corrected chi connectivity index (χ3v) is 8.60. The second-order valence-corrected chi connectivity index (χ2v) is 10.9. The summed E-state index contributed by atoms with van der Waals surface area (Å²) in [4.78, 5) is 27.3. The van der Waals surface area contributed by atoms with Crippen LogP contribution in [-0.4, -0.2) is 36.1 Å². The molecule has 0 bridgehead atoms. The topological polar surface area (TPSA) is 118 Å². The lowest BCUT2D eigenvalue weighted by Gasteiger charge is -2.18. The third-order valence-electron chi connectivity index (χ3n) is 6.03. The van der Waals surface area contributed by atoms with Gasteiger partial charge in [0, 0.05) is 17.0 Å². The minimum absolute atomic E-state index is 0.187. The van der Waals surface area contributed by atoms with E-state index in [1.807, 2.05) is 6.92 Å². The van der Waals surface area contributed by atoms with Crippen molar-refractivity contribution in [2.75, 3.05) is 19.0 Å². The van der Waals surface area contributed by atoms with Crippen molar-refractivity contribution in [3.8, 4) is 17.4 Å². The number of thioether (sulfide) groups is 1. The molecular formula is C25H29N3O6S2. The highest BCUT2D eigenvalue weighted by Crippen LogP contribution is 2.40. The molecule has 0 spiro atoms. The highest BCUT2D eigenvalue weighted by atomic mass is 32.2. The molecular weight excluding hydrogens is 502 g/mol. The summed E-state index contributed by atoms with van der Waals surface area (Å²) in [5.41, 5.74) is 2.04. The molecule has 1 aromatic carbocycles. The summed E-state index contributed by atoms with van der Waals surface area (Å²) >= 11 is 2.52. The fourth-order valence-corrected chi connectivity index (χ4v) is 6.51. The second-order valence-electron chi connectivity index (χ2n) is 8.56. The monoisotopic (exact) mass is 531 g/mol. The standard InChI is InChI=1S/C25H29N3O6S2/c1-5-18(36-23-25(31)34-27-28(23)15-8-10-16(32-4)11-9-15)21(29)26-22-20(24(30)33-6-2)17-12-7-14(3)13-19(17)35-22/h8-11,14,18H,5-7,12-13H2,1-4H3,(H-,26,27,29,30,31). The van der Waals surface area contributed by atoms with E-state index in [0.29, 0.717) is 34.3 Å². The van der Waals surface area contributed by atoms with Crippen molar-refractivity contribution in [3.05, 3.63) is 40.3 Å². The largest absolute Gasteiger partial charge is 0.538 e. The Kier molecular flexibility index (Phi) is 8.20. The van der Waals surface area contributed by atoms with Gasteiger partial charge in [0.1, 0.15) is 10.8 Å². The summed E-state index contributed by atoms with van der Waals surface area (Å²) in [6.07, 6.45) is 3.09. The maximum absolute atomic E-state index is 13.4. The Morgan fingerprint density at radius 1 is 1.33 bits per heavy atom. The van der Waals surface area contributed by atoms with Crippen molar-refractivity contribution >= 4 is 40.0 Å². The summed E-state index contributed by atoms with van der Waals surface area (Å²) < 4.78 is 16.8. The molecule has 1 aliphatic rings. The maximum atomic E-state index is 13.4. The molecule has 1 aliphatic carbocycles. The van der Waals surface area contributed by atoms with Crippen LogP contribution < -0.4 is 19.8 Å². The van der Waals surface area contributed by atoms with E-state index < -0.39 is 17.2 Å². The first-order valence-electron chi connectivity index (χ1n) is 11.9. The first-order chi connectivity index (χ1) is 17.4. The van der Waals surface area contributed by atoms with Crippen molar-refractivity contribution in [2.24, 2.45) is 5.92 Å². The lowest BCUT2D eigenvalue weighted by atomic mass is 9.88. The van der Waals surface area contributed by atoms with E-state index in [0.717, 1.165) is 41.5 Å². The van der Waals surface area contributed by atoms with Crippen molar-refractivity contribution in [3.63, 3.8) is 0 Å². The van der Waals surface area contributed by atoms with Gasteiger partial charge in [0.15, 0.2) is 5.95 Å². The number of nitrogens with one attached hydrogen (secondary N) is 1. The highest BCUT2D eigenvalue weighted by molar-refractivity contribution is 8.00. The Hall–Kier alpha value is -3.05. The number of aromatic nitrogens is 2. The lowest BCUT2D eigenvalue weighted by molar-refractivity contribution is -0.705. The van der Waals surface area contributed by atoms with Crippen LogP contribution in [0.15, 0.2) is 33.8 Å². The smallest absolute Gasteiger partial charge is 0.341 e. The summed E-state index contributed by atoms with van der Waals surface area (Å²) in [5, 5.41) is 19.4. The molecule has 36 heavy (non-hydrogen) atoms. The van der Waals surface area contributed by atoms with E-state index in [1.165, 1.54) is 16.0 Å². The van der Waals surface area contributed by atoms with E-state index in [4.69, 9.17) is 14.0 Å². The Bertz CT molecular complexity index is 1240. The Morgan fingerprint density at radius 2 is 2.08 bits per heavy atom. The van der Waals surface area contributed by atoms with Crippen molar-refractivity contribution in [2.45, 2.75) is 56.7 Å². The van der Waals surface area contributed by atoms with Crippen LogP contribution in [0.1, 0.15) is 54.4 Å². The van der Waals surface area contributed by atoms with Gasteiger partial charge in [0.2, 0.25) is 11.6 Å². The van der Waals surface area contributed by atoms with Crippen LogP contribution in [0, 0.1) is 5.92 Å². The molecule has 0 saturated carbocycles. The van der Waals surface area contributed by atoms with Crippen molar-refractivity contribution in [1.82, 2.24) is 5.27 Å². The Morgan fingerprint density at radius 3 is 2.75 bits per heavy atom.